The summed E-state index contributed by atoms with van der Waals surface area (Å²) in [4.78, 5) is 2.29. The zero-order valence-electron chi connectivity index (χ0n) is 7.43. The molecular formula is C8H20N2. The summed E-state index contributed by atoms with van der Waals surface area (Å²) in [7, 11) is 2.12. The Morgan fingerprint density at radius 1 is 1.40 bits per heavy atom. The monoisotopic (exact) mass is 144 g/mol. The van der Waals surface area contributed by atoms with Crippen molar-refractivity contribution in [3.8, 4) is 0 Å². The predicted octanol–water partition coefficient (Wildman–Crippen LogP) is 1.07. The molecule has 0 aromatic heterocycles. The lowest BCUT2D eigenvalue weighted by molar-refractivity contribution is 0.308. The number of hydrogen-bond acceptors (Lipinski definition) is 2. The second-order valence-corrected chi connectivity index (χ2v) is 2.93. The first-order valence-electron chi connectivity index (χ1n) is 4.14. The van der Waals surface area contributed by atoms with Crippen LogP contribution < -0.4 is 5.73 Å². The van der Waals surface area contributed by atoms with Crippen LogP contribution in [0, 0.1) is 0 Å². The molecule has 62 valence electrons. The average molecular weight is 144 g/mol. The highest BCUT2D eigenvalue weighted by Gasteiger charge is 2.01. The Morgan fingerprint density at radius 3 is 2.40 bits per heavy atom. The smallest absolute Gasteiger partial charge is 0.0165 e. The van der Waals surface area contributed by atoms with Gasteiger partial charge in [-0.1, -0.05) is 13.8 Å². The molecule has 0 spiro atoms. The van der Waals surface area contributed by atoms with Crippen LogP contribution in [0.3, 0.4) is 0 Å². The van der Waals surface area contributed by atoms with Gasteiger partial charge in [-0.2, -0.15) is 0 Å². The molecule has 0 aliphatic heterocycles. The van der Waals surface area contributed by atoms with Gasteiger partial charge >= 0.3 is 0 Å². The number of hydrogen-bond donors (Lipinski definition) is 1. The summed E-state index contributed by atoms with van der Waals surface area (Å²) in [5.74, 6) is 0. The van der Waals surface area contributed by atoms with Gasteiger partial charge in [0.1, 0.15) is 0 Å². The normalized spacial score (nSPS) is 14.1. The van der Waals surface area contributed by atoms with E-state index in [2.05, 4.69) is 25.8 Å². The second-order valence-electron chi connectivity index (χ2n) is 2.93. The maximum atomic E-state index is 5.76. The van der Waals surface area contributed by atoms with E-state index in [1.807, 2.05) is 0 Å². The third-order valence-corrected chi connectivity index (χ3v) is 1.68. The highest BCUT2D eigenvalue weighted by Crippen LogP contribution is 1.91. The van der Waals surface area contributed by atoms with E-state index in [4.69, 9.17) is 5.73 Å². The number of nitrogens with zero attached hydrogens (tertiary/aromatic N) is 1. The summed E-state index contributed by atoms with van der Waals surface area (Å²) in [5.41, 5.74) is 5.76. The summed E-state index contributed by atoms with van der Waals surface area (Å²) >= 11 is 0. The van der Waals surface area contributed by atoms with Crippen LogP contribution in [0.25, 0.3) is 0 Å². The van der Waals surface area contributed by atoms with Crippen molar-refractivity contribution < 1.29 is 0 Å². The van der Waals surface area contributed by atoms with Crippen molar-refractivity contribution in [3.05, 3.63) is 0 Å². The van der Waals surface area contributed by atoms with Gasteiger partial charge < -0.3 is 10.6 Å². The lowest BCUT2D eigenvalue weighted by Gasteiger charge is -2.19. The fraction of sp³-hybridized carbons (Fsp3) is 1.00. The minimum atomic E-state index is 0.358. The van der Waals surface area contributed by atoms with E-state index >= 15 is 0 Å². The van der Waals surface area contributed by atoms with Gasteiger partial charge in [0.25, 0.3) is 0 Å². The molecule has 0 radical (unpaired) electrons. The molecule has 0 unspecified atom stereocenters. The van der Waals surface area contributed by atoms with E-state index in [0.29, 0.717) is 6.04 Å². The molecule has 0 amide bonds. The molecule has 0 aromatic carbocycles. The van der Waals surface area contributed by atoms with Gasteiger partial charge in [-0.25, -0.2) is 0 Å². The predicted molar refractivity (Wildman–Crippen MR) is 46.1 cm³/mol. The van der Waals surface area contributed by atoms with E-state index in [9.17, 15) is 0 Å². The summed E-state index contributed by atoms with van der Waals surface area (Å²) in [5, 5.41) is 0. The Hall–Kier alpha value is -0.0800. The zero-order valence-corrected chi connectivity index (χ0v) is 7.43. The second kappa shape index (κ2) is 5.69. The maximum Gasteiger partial charge on any atom is 0.0165 e. The molecule has 0 saturated heterocycles. The van der Waals surface area contributed by atoms with Crippen molar-refractivity contribution in [3.63, 3.8) is 0 Å². The highest BCUT2D eigenvalue weighted by molar-refractivity contribution is 4.62. The molecule has 2 N–H and O–H groups in total. The minimum Gasteiger partial charge on any atom is -0.327 e. The molecule has 0 aromatic rings. The Bertz CT molecular complexity index is 73.7. The van der Waals surface area contributed by atoms with Crippen LogP contribution in [0.5, 0.6) is 0 Å². The third-order valence-electron chi connectivity index (χ3n) is 1.68. The van der Waals surface area contributed by atoms with E-state index in [1.165, 1.54) is 6.42 Å². The van der Waals surface area contributed by atoms with Gasteiger partial charge in [-0.3, -0.25) is 0 Å². The van der Waals surface area contributed by atoms with Crippen LogP contribution in [0.2, 0.25) is 0 Å². The Balaban J connectivity index is 3.27. The van der Waals surface area contributed by atoms with Crippen LogP contribution in [-0.4, -0.2) is 31.1 Å². The largest absolute Gasteiger partial charge is 0.327 e. The molecule has 2 nitrogen and oxygen atoms in total. The van der Waals surface area contributed by atoms with E-state index in [-0.39, 0.29) is 0 Å². The van der Waals surface area contributed by atoms with Crippen LogP contribution in [0.4, 0.5) is 0 Å². The quantitative estimate of drug-likeness (QED) is 0.625. The Labute approximate surface area is 64.4 Å². The van der Waals surface area contributed by atoms with Crippen LogP contribution in [-0.2, 0) is 0 Å². The first-order chi connectivity index (χ1) is 4.70. The maximum absolute atomic E-state index is 5.76. The lowest BCUT2D eigenvalue weighted by Crippen LogP contribution is -2.34. The van der Waals surface area contributed by atoms with Crippen molar-refractivity contribution in [2.75, 3.05) is 20.1 Å². The molecule has 2 heteroatoms. The van der Waals surface area contributed by atoms with Gasteiger partial charge in [0.05, 0.1) is 0 Å². The first kappa shape index (κ1) is 9.92. The highest BCUT2D eigenvalue weighted by atomic mass is 15.1. The molecule has 1 atom stereocenters. The minimum absolute atomic E-state index is 0.358. The van der Waals surface area contributed by atoms with Crippen LogP contribution >= 0.6 is 0 Å². The average Bonchev–Trinajstić information content (AvgIpc) is 1.88. The van der Waals surface area contributed by atoms with Crippen molar-refractivity contribution in [1.82, 2.24) is 4.90 Å². The van der Waals surface area contributed by atoms with Gasteiger partial charge in [0.2, 0.25) is 0 Å². The number of likely N-dealkylation sites (N-methyl/N-ethyl adjacent to an activating group) is 1. The fourth-order valence-electron chi connectivity index (χ4n) is 1.00. The molecule has 0 bridgehead atoms. The summed E-state index contributed by atoms with van der Waals surface area (Å²) < 4.78 is 0. The molecule has 10 heavy (non-hydrogen) atoms. The van der Waals surface area contributed by atoms with Crippen molar-refractivity contribution in [2.45, 2.75) is 32.7 Å². The molecule has 0 heterocycles. The standard InChI is InChI=1S/C8H20N2/c1-4-6-10(3)7-8(9)5-2/h8H,4-7,9H2,1-3H3/t8-/m1/s1. The molecular weight excluding hydrogens is 124 g/mol. The fourth-order valence-corrected chi connectivity index (χ4v) is 1.00. The molecule has 0 rings (SSSR count). The van der Waals surface area contributed by atoms with Gasteiger partial charge in [-0.05, 0) is 26.4 Å². The van der Waals surface area contributed by atoms with Crippen LogP contribution in [0.15, 0.2) is 0 Å². The zero-order chi connectivity index (χ0) is 7.98. The molecule has 0 aliphatic rings. The van der Waals surface area contributed by atoms with E-state index in [1.54, 1.807) is 0 Å². The molecule has 0 fully saturated rings. The van der Waals surface area contributed by atoms with Gasteiger partial charge in [0, 0.05) is 12.6 Å². The summed E-state index contributed by atoms with van der Waals surface area (Å²) in [6.45, 7) is 6.51. The van der Waals surface area contributed by atoms with Crippen molar-refractivity contribution in [2.24, 2.45) is 5.73 Å². The Kier molecular flexibility index (Phi) is 5.64. The first-order valence-corrected chi connectivity index (χ1v) is 4.14. The Morgan fingerprint density at radius 2 is 2.00 bits per heavy atom. The van der Waals surface area contributed by atoms with E-state index in [0.717, 1.165) is 19.5 Å². The van der Waals surface area contributed by atoms with E-state index < -0.39 is 0 Å². The topological polar surface area (TPSA) is 29.3 Å². The summed E-state index contributed by atoms with van der Waals surface area (Å²) in [6, 6.07) is 0.358. The molecule has 0 aliphatic carbocycles. The van der Waals surface area contributed by atoms with Gasteiger partial charge in [0.15, 0.2) is 0 Å². The third kappa shape index (κ3) is 4.77. The SMILES string of the molecule is CCCN(C)C[C@H](N)CC. The van der Waals surface area contributed by atoms with Gasteiger partial charge in [-0.15, -0.1) is 0 Å². The number of nitrogens with two attached hydrogens (primary N) is 1. The van der Waals surface area contributed by atoms with Crippen LogP contribution in [0.1, 0.15) is 26.7 Å². The summed E-state index contributed by atoms with van der Waals surface area (Å²) in [6.07, 6.45) is 2.29. The van der Waals surface area contributed by atoms with Crippen molar-refractivity contribution >= 4 is 0 Å². The van der Waals surface area contributed by atoms with Crippen molar-refractivity contribution in [1.29, 1.82) is 0 Å². The molecule has 0 saturated carbocycles. The lowest BCUT2D eigenvalue weighted by atomic mass is 10.2. The number of rotatable bonds is 5.